The Bertz CT molecular complexity index is 4740. The third-order valence-electron chi connectivity index (χ3n) is 17.3. The Morgan fingerprint density at radius 1 is 0.547 bits per heavy atom. The molecule has 378 valence electrons. The van der Waals surface area contributed by atoms with Crippen molar-refractivity contribution in [1.29, 1.82) is 0 Å². The number of hydrogen-bond donors (Lipinski definition) is 0. The van der Waals surface area contributed by atoms with Crippen molar-refractivity contribution < 1.29 is 20.9 Å². The molecule has 4 aromatic heterocycles. The Labute approximate surface area is 469 Å². The van der Waals surface area contributed by atoms with Gasteiger partial charge >= 0.3 is 0 Å². The first-order valence-corrected chi connectivity index (χ1v) is 28.3. The number of para-hydroxylation sites is 1. The largest absolute Gasteiger partial charge is 0.444 e. The van der Waals surface area contributed by atoms with Crippen molar-refractivity contribution in [2.45, 2.75) is 155 Å². The summed E-state index contributed by atoms with van der Waals surface area (Å²) in [5.41, 5.74) is 0.802. The zero-order valence-corrected chi connectivity index (χ0v) is 47.2. The van der Waals surface area contributed by atoms with Crippen molar-refractivity contribution in [3.63, 3.8) is 0 Å². The van der Waals surface area contributed by atoms with Crippen LogP contribution < -0.4 is 25.5 Å². The number of anilines is 6. The maximum Gasteiger partial charge on any atom is 0.269 e. The first kappa shape index (κ1) is 36.1. The van der Waals surface area contributed by atoms with Gasteiger partial charge in [0.15, 0.2) is 5.88 Å². The Balaban J connectivity index is 1.29. The summed E-state index contributed by atoms with van der Waals surface area (Å²) < 4.78 is 136. The minimum atomic E-state index is -0.957. The molecule has 0 bridgehead atoms. The lowest BCUT2D eigenvalue weighted by atomic mass is 9.35. The standard InChI is InChI=1S/C68H70BN3OS2/c1-63(2,3)39-23-27-41(28-24-39)70-50-35-43(72-49-21-17-15-19-44(49)54-45-20-16-18-22-52(45)75-62(54)72)36-51-56(50)69(60-58(70)46-37-47-48(38-53(46)74-60)66(9,10)32-31-65(47,7)8)57-55-59(68(13,14)34-33-67(55,11)12)73-61(57)71(51)42-29-25-40(26-30-42)64(4,5)6/h15-30,35-38H,31-34H2,1-14H3/i23D,24D,25D,26D,27D,28D,29D,30D,35D,36D,37D,38D. The predicted molar refractivity (Wildman–Crippen MR) is 326 cm³/mol. The number of thiophene rings is 2. The first-order valence-electron chi connectivity index (χ1n) is 32.7. The summed E-state index contributed by atoms with van der Waals surface area (Å²) in [4.78, 5) is 4.02. The van der Waals surface area contributed by atoms with E-state index in [2.05, 4.69) is 61.5 Å². The number of benzene rings is 6. The first-order chi connectivity index (χ1) is 40.5. The van der Waals surface area contributed by atoms with Crippen LogP contribution in [0.25, 0.3) is 47.0 Å². The summed E-state index contributed by atoms with van der Waals surface area (Å²) >= 11 is 2.86. The molecule has 0 spiro atoms. The fourth-order valence-electron chi connectivity index (χ4n) is 12.7. The van der Waals surface area contributed by atoms with E-state index < -0.39 is 39.2 Å². The van der Waals surface area contributed by atoms with Crippen molar-refractivity contribution in [3.8, 4) is 5.69 Å². The van der Waals surface area contributed by atoms with Crippen LogP contribution in [-0.2, 0) is 32.5 Å². The smallest absolute Gasteiger partial charge is 0.269 e. The highest BCUT2D eigenvalue weighted by atomic mass is 32.1. The molecule has 0 N–H and O–H groups in total. The molecule has 0 saturated carbocycles. The molecule has 14 rings (SSSR count). The average Bonchev–Trinajstić information content (AvgIpc) is 1.60. The Morgan fingerprint density at radius 3 is 1.73 bits per heavy atom. The van der Waals surface area contributed by atoms with Gasteiger partial charge < -0.3 is 13.9 Å². The summed E-state index contributed by atoms with van der Waals surface area (Å²) in [5.74, 6) is 0.862. The van der Waals surface area contributed by atoms with Gasteiger partial charge in [-0.15, -0.1) is 22.7 Å². The molecule has 6 heterocycles. The highest BCUT2D eigenvalue weighted by Crippen LogP contribution is 2.56. The van der Waals surface area contributed by atoms with Gasteiger partial charge in [0, 0.05) is 63.9 Å². The molecule has 4 nitrogen and oxygen atoms in total. The molecule has 0 unspecified atom stereocenters. The fraction of sp³-hybridized carbons (Fsp3) is 0.353. The third-order valence-corrected chi connectivity index (χ3v) is 19.6. The SMILES string of the molecule is [2H]c1c([2H])c(C(C)(C)C)c([2H])c([2H])c1N1c2oc3c(c2B2c4sc5c([2H])c6c(c([2H])c5c4N(c4c([2H])c([2H])c(C(C)(C)C)c([2H])c4[2H])c4c([2H])c(-n5c7ccccc7c7c8ccccc8sc75)c([2H])c1c42)C(C)(C)CCC6(C)C)C(C)(C)CCC3(C)C. The molecule has 0 fully saturated rings. The van der Waals surface area contributed by atoms with Crippen LogP contribution in [0.5, 0.6) is 0 Å². The quantitative estimate of drug-likeness (QED) is 0.165. The van der Waals surface area contributed by atoms with E-state index >= 15 is 0 Å². The molecule has 10 aromatic rings. The summed E-state index contributed by atoms with van der Waals surface area (Å²) in [6, 6.07) is 13.5. The molecular formula is C68H70BN3OS2. The van der Waals surface area contributed by atoms with Gasteiger partial charge in [0.05, 0.1) is 33.3 Å². The second-order valence-corrected chi connectivity index (χ2v) is 28.6. The molecule has 7 heteroatoms. The van der Waals surface area contributed by atoms with E-state index in [-0.39, 0.29) is 118 Å². The summed E-state index contributed by atoms with van der Waals surface area (Å²) in [7, 11) is 0. The lowest BCUT2D eigenvalue weighted by Crippen LogP contribution is -2.61. The van der Waals surface area contributed by atoms with Crippen LogP contribution in [0.2, 0.25) is 0 Å². The zero-order chi connectivity index (χ0) is 62.7. The van der Waals surface area contributed by atoms with E-state index in [0.29, 0.717) is 42.8 Å². The minimum absolute atomic E-state index is 0.0781. The summed E-state index contributed by atoms with van der Waals surface area (Å²) in [5, 5.41) is 3.14. The average molecular weight is 1030 g/mol. The maximum absolute atomic E-state index is 11.4. The van der Waals surface area contributed by atoms with Gasteiger partial charge in [-0.05, 0) is 152 Å². The molecule has 0 saturated heterocycles. The number of hydrogen-bond acceptors (Lipinski definition) is 5. The normalized spacial score (nSPS) is 20.4. The van der Waals surface area contributed by atoms with Gasteiger partial charge in [0.2, 0.25) is 0 Å². The number of aromatic nitrogens is 1. The van der Waals surface area contributed by atoms with Crippen molar-refractivity contribution in [3.05, 3.63) is 155 Å². The number of furan rings is 1. The molecule has 2 aliphatic carbocycles. The second-order valence-electron chi connectivity index (χ2n) is 26.5. The number of nitrogens with zero attached hydrogens (tertiary/aromatic N) is 3. The van der Waals surface area contributed by atoms with Gasteiger partial charge in [-0.1, -0.05) is 158 Å². The molecule has 75 heavy (non-hydrogen) atoms. The molecule has 2 aliphatic heterocycles. The minimum Gasteiger partial charge on any atom is -0.444 e. The monoisotopic (exact) mass is 1030 g/mol. The van der Waals surface area contributed by atoms with E-state index in [4.69, 9.17) is 4.42 Å². The molecule has 0 atom stereocenters. The van der Waals surface area contributed by atoms with Crippen LogP contribution in [0.1, 0.15) is 173 Å². The van der Waals surface area contributed by atoms with Crippen LogP contribution in [0.3, 0.4) is 0 Å². The third kappa shape index (κ3) is 6.71. The highest BCUT2D eigenvalue weighted by Gasteiger charge is 2.54. The lowest BCUT2D eigenvalue weighted by Gasteiger charge is -2.44. The van der Waals surface area contributed by atoms with Crippen LogP contribution in [0.4, 0.5) is 34.3 Å². The van der Waals surface area contributed by atoms with E-state index in [1.165, 1.54) is 22.7 Å². The molecular weight excluding hydrogens is 950 g/mol. The molecule has 0 amide bonds. The van der Waals surface area contributed by atoms with Crippen LogP contribution in [-0.4, -0.2) is 11.3 Å². The Morgan fingerprint density at radius 2 is 1.09 bits per heavy atom. The van der Waals surface area contributed by atoms with Crippen LogP contribution in [0.15, 0.2) is 125 Å². The van der Waals surface area contributed by atoms with Crippen LogP contribution in [0, 0.1) is 0 Å². The van der Waals surface area contributed by atoms with Gasteiger partial charge in [-0.2, -0.15) is 0 Å². The van der Waals surface area contributed by atoms with Crippen molar-refractivity contribution in [2.24, 2.45) is 0 Å². The molecule has 4 aliphatic rings. The van der Waals surface area contributed by atoms with Gasteiger partial charge in [-0.25, -0.2) is 0 Å². The number of fused-ring (bicyclic) bond motifs is 14. The summed E-state index contributed by atoms with van der Waals surface area (Å²) in [6.07, 6.45) is 2.97. The van der Waals surface area contributed by atoms with E-state index in [1.54, 1.807) is 9.80 Å². The van der Waals surface area contributed by atoms with Crippen molar-refractivity contribution in [2.75, 3.05) is 9.80 Å². The maximum atomic E-state index is 11.4. The highest BCUT2D eigenvalue weighted by molar-refractivity contribution is 7.33. The lowest BCUT2D eigenvalue weighted by molar-refractivity contribution is 0.280. The second kappa shape index (κ2) is 15.3. The van der Waals surface area contributed by atoms with Crippen molar-refractivity contribution in [1.82, 2.24) is 4.57 Å². The Kier molecular flexibility index (Phi) is 7.39. The van der Waals surface area contributed by atoms with Gasteiger partial charge in [0.25, 0.3) is 6.71 Å². The summed E-state index contributed by atoms with van der Waals surface area (Å²) in [6.45, 7) is 27.4. The fourth-order valence-corrected chi connectivity index (χ4v) is 15.2. The topological polar surface area (TPSA) is 24.6 Å². The van der Waals surface area contributed by atoms with E-state index in [1.807, 2.05) is 88.6 Å². The molecule has 6 aromatic carbocycles. The van der Waals surface area contributed by atoms with Crippen molar-refractivity contribution >= 4 is 121 Å². The van der Waals surface area contributed by atoms with Gasteiger partial charge in [0.1, 0.15) is 10.6 Å². The van der Waals surface area contributed by atoms with Gasteiger partial charge in [-0.3, -0.25) is 4.90 Å². The van der Waals surface area contributed by atoms with E-state index in [0.717, 1.165) is 68.1 Å². The number of rotatable bonds is 3. The zero-order valence-electron chi connectivity index (χ0n) is 57.6. The predicted octanol–water partition coefficient (Wildman–Crippen LogP) is 18.2. The van der Waals surface area contributed by atoms with E-state index in [9.17, 15) is 16.4 Å². The van der Waals surface area contributed by atoms with Crippen LogP contribution >= 0.6 is 22.7 Å². The molecule has 0 radical (unpaired) electrons. The Hall–Kier alpha value is -6.02.